The number of thiophene rings is 2. The van der Waals surface area contributed by atoms with Gasteiger partial charge in [-0.1, -0.05) is 121 Å². The maximum Gasteiger partial charge on any atom is 0.0640 e. The molecule has 0 aliphatic heterocycles. The van der Waals surface area contributed by atoms with E-state index >= 15 is 0 Å². The van der Waals surface area contributed by atoms with E-state index in [9.17, 15) is 0 Å². The number of benzene rings is 8. The van der Waals surface area contributed by atoms with Gasteiger partial charge in [0, 0.05) is 47.0 Å². The highest BCUT2D eigenvalue weighted by Gasteiger charge is 2.19. The van der Waals surface area contributed by atoms with Crippen LogP contribution >= 0.6 is 22.7 Å². The zero-order valence-corrected chi connectivity index (χ0v) is 29.3. The van der Waals surface area contributed by atoms with E-state index in [1.807, 2.05) is 22.7 Å². The van der Waals surface area contributed by atoms with Crippen LogP contribution in [-0.4, -0.2) is 0 Å². The van der Waals surface area contributed by atoms with Crippen molar-refractivity contribution in [3.63, 3.8) is 0 Å². The van der Waals surface area contributed by atoms with Crippen LogP contribution < -0.4 is 4.90 Å². The maximum absolute atomic E-state index is 2.45. The molecule has 0 atom stereocenters. The molecule has 2 aromatic heterocycles. The van der Waals surface area contributed by atoms with Gasteiger partial charge >= 0.3 is 0 Å². The average molecular weight is 686 g/mol. The topological polar surface area (TPSA) is 3.24 Å². The summed E-state index contributed by atoms with van der Waals surface area (Å²) in [5, 5.41) is 5.20. The summed E-state index contributed by atoms with van der Waals surface area (Å²) in [6, 6.07) is 68.7. The largest absolute Gasteiger partial charge is 0.309 e. The van der Waals surface area contributed by atoms with Gasteiger partial charge in [0.2, 0.25) is 0 Å². The molecule has 0 radical (unpaired) electrons. The number of hydrogen-bond acceptors (Lipinski definition) is 3. The van der Waals surface area contributed by atoms with Crippen LogP contribution in [0.15, 0.2) is 188 Å². The zero-order valence-electron chi connectivity index (χ0n) is 27.7. The number of nitrogens with zero attached hydrogens (tertiary/aromatic N) is 1. The summed E-state index contributed by atoms with van der Waals surface area (Å²) in [7, 11) is 0. The second-order valence-corrected chi connectivity index (χ2v) is 15.1. The minimum absolute atomic E-state index is 1.13. The molecule has 0 saturated heterocycles. The van der Waals surface area contributed by atoms with Crippen molar-refractivity contribution in [1.82, 2.24) is 0 Å². The van der Waals surface area contributed by atoms with Gasteiger partial charge in [0.1, 0.15) is 0 Å². The highest BCUT2D eigenvalue weighted by molar-refractivity contribution is 7.26. The van der Waals surface area contributed by atoms with Gasteiger partial charge in [-0.2, -0.15) is 0 Å². The fourth-order valence-electron chi connectivity index (χ4n) is 7.38. The van der Waals surface area contributed by atoms with E-state index in [0.29, 0.717) is 0 Å². The molecule has 10 rings (SSSR count). The molecule has 8 aromatic carbocycles. The van der Waals surface area contributed by atoms with Crippen LogP contribution in [0.25, 0.3) is 73.7 Å². The van der Waals surface area contributed by atoms with E-state index in [2.05, 4.69) is 193 Å². The molecule has 2 heterocycles. The average Bonchev–Trinajstić information content (AvgIpc) is 3.78. The van der Waals surface area contributed by atoms with Gasteiger partial charge in [-0.15, -0.1) is 22.7 Å². The summed E-state index contributed by atoms with van der Waals surface area (Å²) in [4.78, 5) is 2.45. The quantitative estimate of drug-likeness (QED) is 0.168. The van der Waals surface area contributed by atoms with Crippen molar-refractivity contribution in [3.05, 3.63) is 188 Å². The number of rotatable bonds is 6. The minimum atomic E-state index is 1.13. The Morgan fingerprint density at radius 3 is 1.43 bits per heavy atom. The lowest BCUT2D eigenvalue weighted by Crippen LogP contribution is -2.10. The first-order chi connectivity index (χ1) is 25.3. The van der Waals surface area contributed by atoms with Crippen LogP contribution in [-0.2, 0) is 0 Å². The Morgan fingerprint density at radius 1 is 0.294 bits per heavy atom. The van der Waals surface area contributed by atoms with Gasteiger partial charge in [-0.25, -0.2) is 0 Å². The predicted molar refractivity (Wildman–Crippen MR) is 223 cm³/mol. The number of fused-ring (bicyclic) bond motifs is 6. The molecular formula is C48H31NS2. The van der Waals surface area contributed by atoms with Crippen molar-refractivity contribution >= 4 is 80.1 Å². The van der Waals surface area contributed by atoms with Crippen LogP contribution in [0, 0.1) is 0 Å². The summed E-state index contributed by atoms with van der Waals surface area (Å²) in [5.74, 6) is 0. The maximum atomic E-state index is 2.45. The first-order valence-corrected chi connectivity index (χ1v) is 18.9. The molecule has 0 unspecified atom stereocenters. The second-order valence-electron chi connectivity index (χ2n) is 12.9. The van der Waals surface area contributed by atoms with E-state index < -0.39 is 0 Å². The fourth-order valence-corrected chi connectivity index (χ4v) is 9.67. The Balaban J connectivity index is 1.14. The van der Waals surface area contributed by atoms with Gasteiger partial charge in [0.15, 0.2) is 0 Å². The molecular weight excluding hydrogens is 655 g/mol. The van der Waals surface area contributed by atoms with Crippen LogP contribution in [0.4, 0.5) is 17.1 Å². The van der Waals surface area contributed by atoms with Crippen molar-refractivity contribution in [1.29, 1.82) is 0 Å². The molecule has 0 spiro atoms. The first kappa shape index (κ1) is 29.9. The molecule has 0 saturated carbocycles. The van der Waals surface area contributed by atoms with Crippen LogP contribution in [0.5, 0.6) is 0 Å². The Bertz CT molecular complexity index is 2790. The molecule has 10 aromatic rings. The highest BCUT2D eigenvalue weighted by atomic mass is 32.1. The first-order valence-electron chi connectivity index (χ1n) is 17.2. The molecule has 0 N–H and O–H groups in total. The smallest absolute Gasteiger partial charge is 0.0640 e. The predicted octanol–water partition coefficient (Wildman–Crippen LogP) is 14.9. The molecule has 0 aliphatic carbocycles. The lowest BCUT2D eigenvalue weighted by Gasteiger charge is -2.26. The van der Waals surface area contributed by atoms with E-state index in [0.717, 1.165) is 11.4 Å². The van der Waals surface area contributed by atoms with Crippen molar-refractivity contribution in [2.75, 3.05) is 4.90 Å². The summed E-state index contributed by atoms with van der Waals surface area (Å²) in [6.07, 6.45) is 0. The van der Waals surface area contributed by atoms with Crippen LogP contribution in [0.3, 0.4) is 0 Å². The Morgan fingerprint density at radius 2 is 0.784 bits per heavy atom. The summed E-state index contributed by atoms with van der Waals surface area (Å²) in [5.41, 5.74) is 10.7. The zero-order chi connectivity index (χ0) is 33.7. The summed E-state index contributed by atoms with van der Waals surface area (Å²) >= 11 is 3.73. The third-order valence-electron chi connectivity index (χ3n) is 9.85. The third-order valence-corrected chi connectivity index (χ3v) is 12.2. The molecule has 240 valence electrons. The van der Waals surface area contributed by atoms with Crippen LogP contribution in [0.2, 0.25) is 0 Å². The third kappa shape index (κ3) is 5.30. The number of hydrogen-bond donors (Lipinski definition) is 0. The molecule has 0 bridgehead atoms. The minimum Gasteiger partial charge on any atom is -0.309 e. The van der Waals surface area contributed by atoms with E-state index in [1.54, 1.807) is 0 Å². The van der Waals surface area contributed by atoms with E-state index in [4.69, 9.17) is 0 Å². The highest BCUT2D eigenvalue weighted by Crippen LogP contribution is 2.46. The summed E-state index contributed by atoms with van der Waals surface area (Å²) in [6.45, 7) is 0. The standard InChI is InChI=1S/C48H31NS2/c1-3-12-32(13-4-1)35-28-36(33-14-5-2-6-15-33)30-37(29-35)34-22-24-38(25-23-34)49(39-26-27-47-43(31-39)41-17-8-9-20-45(41)50-47)44-19-11-18-42-40-16-7-10-21-46(40)51-48(42)44/h1-31H. The molecule has 3 heteroatoms. The van der Waals surface area contributed by atoms with Crippen molar-refractivity contribution < 1.29 is 0 Å². The van der Waals surface area contributed by atoms with Crippen molar-refractivity contribution in [2.45, 2.75) is 0 Å². The normalized spacial score (nSPS) is 11.5. The monoisotopic (exact) mass is 685 g/mol. The molecule has 0 fully saturated rings. The number of anilines is 3. The summed E-state index contributed by atoms with van der Waals surface area (Å²) < 4.78 is 5.23. The van der Waals surface area contributed by atoms with E-state index in [1.165, 1.54) is 79.4 Å². The van der Waals surface area contributed by atoms with Crippen molar-refractivity contribution in [3.8, 4) is 33.4 Å². The van der Waals surface area contributed by atoms with Crippen LogP contribution in [0.1, 0.15) is 0 Å². The molecule has 0 amide bonds. The van der Waals surface area contributed by atoms with Gasteiger partial charge in [0.25, 0.3) is 0 Å². The van der Waals surface area contributed by atoms with Crippen molar-refractivity contribution in [2.24, 2.45) is 0 Å². The molecule has 1 nitrogen and oxygen atoms in total. The van der Waals surface area contributed by atoms with Gasteiger partial charge in [-0.3, -0.25) is 0 Å². The lowest BCUT2D eigenvalue weighted by molar-refractivity contribution is 1.31. The van der Waals surface area contributed by atoms with Gasteiger partial charge in [-0.05, 0) is 100 Å². The van der Waals surface area contributed by atoms with Gasteiger partial charge < -0.3 is 4.90 Å². The van der Waals surface area contributed by atoms with Gasteiger partial charge in [0.05, 0.1) is 10.4 Å². The second kappa shape index (κ2) is 12.4. The lowest BCUT2D eigenvalue weighted by atomic mass is 9.93. The SMILES string of the molecule is c1ccc(-c2cc(-c3ccccc3)cc(-c3ccc(N(c4ccc5sc6ccccc6c5c4)c4cccc5c4sc4ccccc45)cc3)c2)cc1. The Labute approximate surface area is 304 Å². The van der Waals surface area contributed by atoms with E-state index in [-0.39, 0.29) is 0 Å². The molecule has 51 heavy (non-hydrogen) atoms. The fraction of sp³-hybridized carbons (Fsp3) is 0. The molecule has 0 aliphatic rings. The Kier molecular flexibility index (Phi) is 7.26. The Hall–Kier alpha value is -6.00.